The minimum Gasteiger partial charge on any atom is -0.143 e. The van der Waals surface area contributed by atoms with Gasteiger partial charge in [0, 0.05) is 18.1 Å². The van der Waals surface area contributed by atoms with Crippen molar-refractivity contribution >= 4 is 59.9 Å². The second-order valence-corrected chi connectivity index (χ2v) is 5.13. The maximum Gasteiger partial charge on any atom is 0.0495 e. The van der Waals surface area contributed by atoms with Crippen LogP contribution < -0.4 is 0 Å². The predicted molar refractivity (Wildman–Crippen MR) is 62.2 cm³/mol. The largest absolute Gasteiger partial charge is 0.143 e. The van der Waals surface area contributed by atoms with Crippen molar-refractivity contribution in [3.63, 3.8) is 0 Å². The highest BCUT2D eigenvalue weighted by Crippen LogP contribution is 2.31. The van der Waals surface area contributed by atoms with Gasteiger partial charge in [-0.2, -0.15) is 0 Å². The molecule has 0 amide bonds. The van der Waals surface area contributed by atoms with Crippen LogP contribution in [-0.4, -0.2) is 0 Å². The summed E-state index contributed by atoms with van der Waals surface area (Å²) in [5.41, 5.74) is 0. The molecule has 0 aliphatic rings. The van der Waals surface area contributed by atoms with Crippen molar-refractivity contribution in [1.29, 1.82) is 0 Å². The van der Waals surface area contributed by atoms with Gasteiger partial charge in [0.15, 0.2) is 0 Å². The van der Waals surface area contributed by atoms with Crippen LogP contribution in [0.1, 0.15) is 0 Å². The third-order valence-corrected chi connectivity index (χ3v) is 4.33. The zero-order valence-electron chi connectivity index (χ0n) is 5.47. The Kier molecular flexibility index (Phi) is 2.21. The minimum absolute atomic E-state index is 1.20. The van der Waals surface area contributed by atoms with Gasteiger partial charge in [0.25, 0.3) is 0 Å². The van der Waals surface area contributed by atoms with Gasteiger partial charge in [0.2, 0.25) is 0 Å². The Morgan fingerprint density at radius 3 is 2.82 bits per heavy atom. The van der Waals surface area contributed by atoms with Gasteiger partial charge in [-0.3, -0.25) is 0 Å². The molecule has 0 radical (unpaired) electrons. The SMILES string of the molecule is Brc1ccc(I)c2ccsc12. The summed E-state index contributed by atoms with van der Waals surface area (Å²) in [7, 11) is 0. The molecule has 1 aromatic carbocycles. The van der Waals surface area contributed by atoms with Gasteiger partial charge in [0.05, 0.1) is 0 Å². The molecule has 0 N–H and O–H groups in total. The first-order chi connectivity index (χ1) is 5.29. The quantitative estimate of drug-likeness (QED) is 0.629. The Balaban J connectivity index is 2.96. The number of benzene rings is 1. The van der Waals surface area contributed by atoms with Gasteiger partial charge < -0.3 is 0 Å². The summed E-state index contributed by atoms with van der Waals surface area (Å²) in [6.45, 7) is 0. The van der Waals surface area contributed by atoms with Gasteiger partial charge in [-0.1, -0.05) is 0 Å². The third kappa shape index (κ3) is 1.34. The van der Waals surface area contributed by atoms with Crippen LogP contribution in [0.4, 0.5) is 0 Å². The molecule has 2 aromatic rings. The minimum atomic E-state index is 1.20. The molecule has 0 nitrogen and oxygen atoms in total. The van der Waals surface area contributed by atoms with Gasteiger partial charge in [0.1, 0.15) is 0 Å². The fraction of sp³-hybridized carbons (Fsp3) is 0. The molecule has 56 valence electrons. The van der Waals surface area contributed by atoms with Crippen LogP contribution >= 0.6 is 49.9 Å². The van der Waals surface area contributed by atoms with Crippen molar-refractivity contribution in [1.82, 2.24) is 0 Å². The zero-order valence-corrected chi connectivity index (χ0v) is 10.0. The molecule has 1 aromatic heterocycles. The van der Waals surface area contributed by atoms with Gasteiger partial charge in [-0.15, -0.1) is 11.3 Å². The van der Waals surface area contributed by atoms with Gasteiger partial charge in [-0.05, 0) is 62.1 Å². The van der Waals surface area contributed by atoms with Gasteiger partial charge in [-0.25, -0.2) is 0 Å². The van der Waals surface area contributed by atoms with E-state index < -0.39 is 0 Å². The van der Waals surface area contributed by atoms with E-state index in [4.69, 9.17) is 0 Å². The molecule has 0 aliphatic heterocycles. The molecule has 0 spiro atoms. The maximum atomic E-state index is 3.52. The normalized spacial score (nSPS) is 10.7. The molecule has 0 saturated carbocycles. The van der Waals surface area contributed by atoms with Crippen LogP contribution in [0.15, 0.2) is 28.1 Å². The molecule has 0 saturated heterocycles. The van der Waals surface area contributed by atoms with Crippen LogP contribution in [0.3, 0.4) is 0 Å². The van der Waals surface area contributed by atoms with Crippen LogP contribution in [-0.2, 0) is 0 Å². The molecular formula is C8H4BrIS. The standard InChI is InChI=1S/C8H4BrIS/c9-6-1-2-7(10)5-3-4-11-8(5)6/h1-4H. The summed E-state index contributed by atoms with van der Waals surface area (Å²) in [6.07, 6.45) is 0. The topological polar surface area (TPSA) is 0 Å². The van der Waals surface area contributed by atoms with Crippen molar-refractivity contribution in [2.75, 3.05) is 0 Å². The molecular weight excluding hydrogens is 335 g/mol. The van der Waals surface area contributed by atoms with E-state index >= 15 is 0 Å². The van der Waals surface area contributed by atoms with Crippen LogP contribution in [0.25, 0.3) is 10.1 Å². The van der Waals surface area contributed by atoms with E-state index in [9.17, 15) is 0 Å². The molecule has 0 atom stereocenters. The lowest BCUT2D eigenvalue weighted by Crippen LogP contribution is -1.71. The fourth-order valence-corrected chi connectivity index (χ4v) is 3.26. The molecule has 0 fully saturated rings. The van der Waals surface area contributed by atoms with E-state index in [0.29, 0.717) is 0 Å². The maximum absolute atomic E-state index is 3.52. The van der Waals surface area contributed by atoms with Crippen molar-refractivity contribution in [3.8, 4) is 0 Å². The summed E-state index contributed by atoms with van der Waals surface area (Å²) in [4.78, 5) is 0. The zero-order chi connectivity index (χ0) is 7.84. The van der Waals surface area contributed by atoms with Crippen molar-refractivity contribution in [2.45, 2.75) is 0 Å². The average molecular weight is 339 g/mol. The summed E-state index contributed by atoms with van der Waals surface area (Å²) in [5, 5.41) is 3.47. The molecule has 1 heterocycles. The number of hydrogen-bond acceptors (Lipinski definition) is 1. The average Bonchev–Trinajstić information content (AvgIpc) is 2.45. The number of hydrogen-bond donors (Lipinski definition) is 0. The number of fused-ring (bicyclic) bond motifs is 1. The Labute approximate surface area is 90.9 Å². The van der Waals surface area contributed by atoms with Gasteiger partial charge >= 0.3 is 0 Å². The Morgan fingerprint density at radius 1 is 1.27 bits per heavy atom. The van der Waals surface area contributed by atoms with E-state index in [-0.39, 0.29) is 0 Å². The third-order valence-electron chi connectivity index (χ3n) is 1.52. The van der Waals surface area contributed by atoms with Crippen molar-refractivity contribution < 1.29 is 0 Å². The summed E-state index contributed by atoms with van der Waals surface area (Å²) < 4.78 is 3.86. The number of halogens is 2. The molecule has 0 bridgehead atoms. The smallest absolute Gasteiger partial charge is 0.0495 e. The van der Waals surface area contributed by atoms with Crippen molar-refractivity contribution in [2.24, 2.45) is 0 Å². The van der Waals surface area contributed by atoms with E-state index in [0.717, 1.165) is 0 Å². The van der Waals surface area contributed by atoms with E-state index in [1.165, 1.54) is 18.1 Å². The predicted octanol–water partition coefficient (Wildman–Crippen LogP) is 4.27. The number of thiophene rings is 1. The molecule has 11 heavy (non-hydrogen) atoms. The lowest BCUT2D eigenvalue weighted by atomic mass is 10.3. The van der Waals surface area contributed by atoms with E-state index in [2.05, 4.69) is 62.1 Å². The monoisotopic (exact) mass is 338 g/mol. The molecule has 0 unspecified atom stereocenters. The van der Waals surface area contributed by atoms with Crippen molar-refractivity contribution in [3.05, 3.63) is 31.6 Å². The fourth-order valence-electron chi connectivity index (χ4n) is 0.994. The van der Waals surface area contributed by atoms with Crippen LogP contribution in [0.2, 0.25) is 0 Å². The molecule has 2 rings (SSSR count). The number of rotatable bonds is 0. The summed E-state index contributed by atoms with van der Waals surface area (Å²) in [5.74, 6) is 0. The van der Waals surface area contributed by atoms with Crippen LogP contribution in [0.5, 0.6) is 0 Å². The second-order valence-electron chi connectivity index (χ2n) is 2.19. The first kappa shape index (κ1) is 8.01. The highest BCUT2D eigenvalue weighted by Gasteiger charge is 2.01. The summed E-state index contributed by atoms with van der Waals surface area (Å²) >= 11 is 7.65. The molecule has 0 aliphatic carbocycles. The second kappa shape index (κ2) is 3.03. The lowest BCUT2D eigenvalue weighted by molar-refractivity contribution is 1.74. The Bertz CT molecular complexity index is 358. The van der Waals surface area contributed by atoms with E-state index in [1.807, 2.05) is 0 Å². The molecule has 3 heteroatoms. The first-order valence-corrected chi connectivity index (χ1v) is 5.85. The Hall–Kier alpha value is 0.390. The highest BCUT2D eigenvalue weighted by molar-refractivity contribution is 14.1. The van der Waals surface area contributed by atoms with Crippen LogP contribution in [0, 0.1) is 3.57 Å². The lowest BCUT2D eigenvalue weighted by Gasteiger charge is -1.95. The first-order valence-electron chi connectivity index (χ1n) is 3.10. The summed E-state index contributed by atoms with van der Waals surface area (Å²) in [6, 6.07) is 6.38. The van der Waals surface area contributed by atoms with E-state index in [1.54, 1.807) is 11.3 Å². The Morgan fingerprint density at radius 2 is 2.09 bits per heavy atom. The highest BCUT2D eigenvalue weighted by atomic mass is 127.